The maximum absolute atomic E-state index is 5.12. The smallest absolute Gasteiger partial charge is 0.0635 e. The normalized spacial score (nSPS) is 11.8. The average Bonchev–Trinajstić information content (AvgIpc) is 2.76. The summed E-state index contributed by atoms with van der Waals surface area (Å²) in [4.78, 5) is 0. The molecule has 0 fully saturated rings. The molecule has 28 heavy (non-hydrogen) atoms. The lowest BCUT2D eigenvalue weighted by Crippen LogP contribution is -2.07. The van der Waals surface area contributed by atoms with E-state index in [0.717, 1.165) is 25.1 Å². The highest BCUT2D eigenvalue weighted by molar-refractivity contribution is 5.83. The van der Waals surface area contributed by atoms with Gasteiger partial charge in [-0.15, -0.1) is 0 Å². The minimum Gasteiger partial charge on any atom is -0.383 e. The maximum Gasteiger partial charge on any atom is 0.0635 e. The summed E-state index contributed by atoms with van der Waals surface area (Å²) >= 11 is 0. The van der Waals surface area contributed by atoms with Crippen LogP contribution in [0, 0.1) is 0 Å². The number of hydrogen-bond acceptors (Lipinski definition) is 2. The Balaban J connectivity index is 1.97. The van der Waals surface area contributed by atoms with Crippen molar-refractivity contribution < 1.29 is 4.74 Å². The highest BCUT2D eigenvalue weighted by Crippen LogP contribution is 2.31. The molecule has 3 rings (SSSR count). The number of nitrogens with one attached hydrogen (secondary N) is 1. The van der Waals surface area contributed by atoms with Gasteiger partial charge < -0.3 is 10.1 Å². The minimum absolute atomic E-state index is 0.702. The summed E-state index contributed by atoms with van der Waals surface area (Å²) < 4.78 is 5.12. The van der Waals surface area contributed by atoms with E-state index in [-0.39, 0.29) is 0 Å². The van der Waals surface area contributed by atoms with E-state index in [1.54, 1.807) is 7.11 Å². The lowest BCUT2D eigenvalue weighted by Gasteiger charge is -2.17. The van der Waals surface area contributed by atoms with Crippen molar-refractivity contribution in [1.29, 1.82) is 0 Å². The van der Waals surface area contributed by atoms with E-state index >= 15 is 0 Å². The van der Waals surface area contributed by atoms with Gasteiger partial charge in [0.1, 0.15) is 0 Å². The molecule has 0 saturated carbocycles. The number of ether oxygens (including phenoxy) is 1. The Bertz CT molecular complexity index is 867. The lowest BCUT2D eigenvalue weighted by atomic mass is 9.88. The van der Waals surface area contributed by atoms with Gasteiger partial charge in [0.05, 0.1) is 6.61 Å². The average molecular weight is 372 g/mol. The van der Waals surface area contributed by atoms with Crippen LogP contribution in [0.2, 0.25) is 0 Å². The topological polar surface area (TPSA) is 21.3 Å². The third-order valence-electron chi connectivity index (χ3n) is 4.91. The molecular formula is C26H29NO. The van der Waals surface area contributed by atoms with Crippen molar-refractivity contribution in [3.63, 3.8) is 0 Å². The molecule has 0 spiro atoms. The number of anilines is 1. The monoisotopic (exact) mass is 371 g/mol. The molecule has 144 valence electrons. The molecule has 0 aromatic heterocycles. The van der Waals surface area contributed by atoms with Crippen LogP contribution in [0.15, 0.2) is 90.5 Å². The van der Waals surface area contributed by atoms with E-state index in [1.807, 2.05) is 0 Å². The molecule has 1 N–H and O–H groups in total. The van der Waals surface area contributed by atoms with Crippen LogP contribution in [0.5, 0.6) is 0 Å². The van der Waals surface area contributed by atoms with Crippen LogP contribution in [0.1, 0.15) is 30.0 Å². The summed E-state index contributed by atoms with van der Waals surface area (Å²) in [6, 6.07) is 30.2. The molecule has 0 amide bonds. The summed E-state index contributed by atoms with van der Waals surface area (Å²) in [5, 5.41) is 3.39. The number of allylic oxidation sites excluding steroid dienone is 1. The predicted molar refractivity (Wildman–Crippen MR) is 120 cm³/mol. The largest absolute Gasteiger partial charge is 0.383 e. The Labute approximate surface area is 168 Å². The van der Waals surface area contributed by atoms with Crippen LogP contribution in [0.4, 0.5) is 5.69 Å². The summed E-state index contributed by atoms with van der Waals surface area (Å²) in [7, 11) is 1.72. The van der Waals surface area contributed by atoms with E-state index in [0.29, 0.717) is 6.61 Å². The SMILES string of the molecule is CC/C(Cc1ccccc1)=C(\c1ccccc1)c1ccc(NCCOC)cc1. The lowest BCUT2D eigenvalue weighted by molar-refractivity contribution is 0.211. The number of rotatable bonds is 9. The second kappa shape index (κ2) is 10.5. The Morgan fingerprint density at radius 1 is 0.786 bits per heavy atom. The maximum atomic E-state index is 5.12. The quantitative estimate of drug-likeness (QED) is 0.452. The summed E-state index contributed by atoms with van der Waals surface area (Å²) in [6.07, 6.45) is 1.99. The molecule has 0 bridgehead atoms. The zero-order valence-corrected chi connectivity index (χ0v) is 16.8. The van der Waals surface area contributed by atoms with Gasteiger partial charge in [-0.05, 0) is 47.2 Å². The molecule has 0 saturated heterocycles. The van der Waals surface area contributed by atoms with Crippen LogP contribution in [-0.2, 0) is 11.2 Å². The van der Waals surface area contributed by atoms with Gasteiger partial charge >= 0.3 is 0 Å². The van der Waals surface area contributed by atoms with Crippen molar-refractivity contribution in [2.45, 2.75) is 19.8 Å². The molecule has 0 atom stereocenters. The summed E-state index contributed by atoms with van der Waals surface area (Å²) in [6.45, 7) is 3.77. The Kier molecular flexibility index (Phi) is 7.45. The van der Waals surface area contributed by atoms with E-state index in [1.165, 1.54) is 27.8 Å². The van der Waals surface area contributed by atoms with Crippen LogP contribution < -0.4 is 5.32 Å². The Morgan fingerprint density at radius 3 is 2.00 bits per heavy atom. The van der Waals surface area contributed by atoms with Crippen molar-refractivity contribution in [3.8, 4) is 0 Å². The minimum atomic E-state index is 0.702. The van der Waals surface area contributed by atoms with Crippen LogP contribution in [-0.4, -0.2) is 20.3 Å². The number of hydrogen-bond donors (Lipinski definition) is 1. The van der Waals surface area contributed by atoms with Gasteiger partial charge in [0, 0.05) is 19.3 Å². The highest BCUT2D eigenvalue weighted by atomic mass is 16.5. The second-order valence-corrected chi connectivity index (χ2v) is 6.86. The first-order valence-corrected chi connectivity index (χ1v) is 9.96. The fourth-order valence-corrected chi connectivity index (χ4v) is 3.46. The molecule has 0 unspecified atom stereocenters. The van der Waals surface area contributed by atoms with Gasteiger partial charge in [0.15, 0.2) is 0 Å². The zero-order valence-electron chi connectivity index (χ0n) is 16.8. The molecule has 3 aromatic rings. The van der Waals surface area contributed by atoms with Crippen molar-refractivity contribution in [2.24, 2.45) is 0 Å². The fraction of sp³-hybridized carbons (Fsp3) is 0.231. The van der Waals surface area contributed by atoms with Gasteiger partial charge in [-0.3, -0.25) is 0 Å². The van der Waals surface area contributed by atoms with Crippen molar-refractivity contribution >= 4 is 11.3 Å². The molecular weight excluding hydrogens is 342 g/mol. The first-order valence-electron chi connectivity index (χ1n) is 9.96. The van der Waals surface area contributed by atoms with E-state index in [9.17, 15) is 0 Å². The van der Waals surface area contributed by atoms with Crippen molar-refractivity contribution in [3.05, 3.63) is 107 Å². The molecule has 0 aliphatic carbocycles. The van der Waals surface area contributed by atoms with Crippen LogP contribution in [0.25, 0.3) is 5.57 Å². The summed E-state index contributed by atoms with van der Waals surface area (Å²) in [5.74, 6) is 0. The molecule has 2 nitrogen and oxygen atoms in total. The van der Waals surface area contributed by atoms with Crippen molar-refractivity contribution in [2.75, 3.05) is 25.6 Å². The first-order chi connectivity index (χ1) is 13.8. The van der Waals surface area contributed by atoms with Gasteiger partial charge in [-0.2, -0.15) is 0 Å². The predicted octanol–water partition coefficient (Wildman–Crippen LogP) is 6.20. The van der Waals surface area contributed by atoms with Crippen molar-refractivity contribution in [1.82, 2.24) is 0 Å². The zero-order chi connectivity index (χ0) is 19.6. The van der Waals surface area contributed by atoms with E-state index < -0.39 is 0 Å². The second-order valence-electron chi connectivity index (χ2n) is 6.86. The van der Waals surface area contributed by atoms with Gasteiger partial charge in [0.25, 0.3) is 0 Å². The molecule has 0 heterocycles. The third-order valence-corrected chi connectivity index (χ3v) is 4.91. The first kappa shape index (κ1) is 19.9. The third kappa shape index (κ3) is 5.34. The van der Waals surface area contributed by atoms with E-state index in [4.69, 9.17) is 4.74 Å². The van der Waals surface area contributed by atoms with Gasteiger partial charge in [0.2, 0.25) is 0 Å². The molecule has 0 aliphatic rings. The van der Waals surface area contributed by atoms with Gasteiger partial charge in [-0.1, -0.05) is 85.3 Å². The number of methoxy groups -OCH3 is 1. The van der Waals surface area contributed by atoms with E-state index in [2.05, 4.69) is 97.2 Å². The standard InChI is InChI=1S/C26H29NO/c1-3-22(20-21-10-6-4-7-11-21)26(23-12-8-5-9-13-23)24-14-16-25(17-15-24)27-18-19-28-2/h4-17,27H,3,18-20H2,1-2H3/b26-22-. The Morgan fingerprint density at radius 2 is 1.39 bits per heavy atom. The Hall–Kier alpha value is -2.84. The van der Waals surface area contributed by atoms with Crippen LogP contribution >= 0.6 is 0 Å². The van der Waals surface area contributed by atoms with Crippen LogP contribution in [0.3, 0.4) is 0 Å². The summed E-state index contributed by atoms with van der Waals surface area (Å²) in [5.41, 5.74) is 7.81. The molecule has 0 aliphatic heterocycles. The molecule has 2 heteroatoms. The highest BCUT2D eigenvalue weighted by Gasteiger charge is 2.12. The fourth-order valence-electron chi connectivity index (χ4n) is 3.46. The van der Waals surface area contributed by atoms with Gasteiger partial charge in [-0.25, -0.2) is 0 Å². The number of benzene rings is 3. The molecule has 0 radical (unpaired) electrons. The molecule has 3 aromatic carbocycles.